The second-order valence-electron chi connectivity index (χ2n) is 5.08. The highest BCUT2D eigenvalue weighted by molar-refractivity contribution is 5.95. The number of hydrogen-bond acceptors (Lipinski definition) is 4. The first-order valence-corrected chi connectivity index (χ1v) is 7.07. The van der Waals surface area contributed by atoms with E-state index >= 15 is 0 Å². The first-order valence-electron chi connectivity index (χ1n) is 7.07. The molecule has 0 saturated heterocycles. The van der Waals surface area contributed by atoms with E-state index in [9.17, 15) is 9.90 Å². The van der Waals surface area contributed by atoms with Gasteiger partial charge >= 0.3 is 5.97 Å². The van der Waals surface area contributed by atoms with Crippen molar-refractivity contribution in [2.24, 2.45) is 0 Å². The molecule has 0 saturated carbocycles. The Morgan fingerprint density at radius 2 is 2.00 bits per heavy atom. The van der Waals surface area contributed by atoms with Gasteiger partial charge in [0.05, 0.1) is 7.11 Å². The van der Waals surface area contributed by atoms with Gasteiger partial charge in [-0.25, -0.2) is 9.78 Å². The van der Waals surface area contributed by atoms with E-state index in [2.05, 4.69) is 4.98 Å². The number of hydrogen-bond donors (Lipinski definition) is 1. The minimum absolute atomic E-state index is 0.0510. The molecule has 0 aliphatic heterocycles. The van der Waals surface area contributed by atoms with E-state index in [0.29, 0.717) is 22.8 Å². The van der Waals surface area contributed by atoms with Crippen LogP contribution in [0.15, 0.2) is 42.6 Å². The van der Waals surface area contributed by atoms with Gasteiger partial charge in [0.2, 0.25) is 0 Å². The molecular weight excluding hydrogens is 296 g/mol. The number of aryl methyl sites for hydroxylation is 1. The molecule has 0 aliphatic rings. The van der Waals surface area contributed by atoms with Gasteiger partial charge in [-0.2, -0.15) is 0 Å². The highest BCUT2D eigenvalue weighted by Crippen LogP contribution is 2.25. The number of pyridine rings is 1. The number of benzene rings is 1. The Morgan fingerprint density at radius 3 is 2.65 bits per heavy atom. The maximum Gasteiger partial charge on any atom is 0.356 e. The molecule has 23 heavy (non-hydrogen) atoms. The summed E-state index contributed by atoms with van der Waals surface area (Å²) in [5, 5.41) is 9.36. The second-order valence-corrected chi connectivity index (χ2v) is 5.08. The molecule has 0 bridgehead atoms. The summed E-state index contributed by atoms with van der Waals surface area (Å²) >= 11 is 0. The second kappa shape index (κ2) is 6.00. The minimum Gasteiger partial charge on any atom is -0.494 e. The monoisotopic (exact) mass is 312 g/mol. The van der Waals surface area contributed by atoms with Gasteiger partial charge in [0, 0.05) is 6.20 Å². The van der Waals surface area contributed by atoms with Crippen molar-refractivity contribution >= 4 is 11.5 Å². The standard InChI is InChI=1S/C17H16N2O4/c1-11-5-7-12(8-6-11)23-10-14-18-15(17(20)21)16-13(22-2)4-3-9-19(14)16/h3-9H,10H2,1-2H3,(H,20,21). The lowest BCUT2D eigenvalue weighted by molar-refractivity contribution is 0.0692. The van der Waals surface area contributed by atoms with Crippen molar-refractivity contribution in [2.45, 2.75) is 13.5 Å². The summed E-state index contributed by atoms with van der Waals surface area (Å²) in [4.78, 5) is 15.6. The number of fused-ring (bicyclic) bond motifs is 1. The predicted molar refractivity (Wildman–Crippen MR) is 84.2 cm³/mol. The van der Waals surface area contributed by atoms with E-state index in [4.69, 9.17) is 9.47 Å². The Morgan fingerprint density at radius 1 is 1.26 bits per heavy atom. The van der Waals surface area contributed by atoms with Crippen LogP contribution in [0.3, 0.4) is 0 Å². The number of rotatable bonds is 5. The molecule has 3 aromatic rings. The number of nitrogens with zero attached hydrogens (tertiary/aromatic N) is 2. The fraction of sp³-hybridized carbons (Fsp3) is 0.176. The van der Waals surface area contributed by atoms with E-state index < -0.39 is 5.97 Å². The van der Waals surface area contributed by atoms with E-state index in [-0.39, 0.29) is 12.3 Å². The SMILES string of the molecule is COc1cccn2c(COc3ccc(C)cc3)nc(C(=O)O)c12. The zero-order chi connectivity index (χ0) is 16.4. The predicted octanol–water partition coefficient (Wildman–Crippen LogP) is 2.93. The van der Waals surface area contributed by atoms with E-state index in [1.807, 2.05) is 31.2 Å². The highest BCUT2D eigenvalue weighted by atomic mass is 16.5. The third-order valence-corrected chi connectivity index (χ3v) is 3.51. The lowest BCUT2D eigenvalue weighted by Gasteiger charge is -2.07. The van der Waals surface area contributed by atoms with Gasteiger partial charge in [0.25, 0.3) is 0 Å². The summed E-state index contributed by atoms with van der Waals surface area (Å²) in [5.41, 5.74) is 1.51. The number of imidazole rings is 1. The number of carbonyl (C=O) groups is 1. The number of carboxylic acid groups (broad SMARTS) is 1. The van der Waals surface area contributed by atoms with E-state index in [1.54, 1.807) is 22.7 Å². The average Bonchev–Trinajstić information content (AvgIpc) is 2.93. The number of carboxylic acids is 1. The first-order chi connectivity index (χ1) is 11.1. The first kappa shape index (κ1) is 14.9. The fourth-order valence-corrected chi connectivity index (χ4v) is 2.37. The lowest BCUT2D eigenvalue weighted by Crippen LogP contribution is -2.01. The number of aromatic nitrogens is 2. The molecule has 6 nitrogen and oxygen atoms in total. The Kier molecular flexibility index (Phi) is 3.89. The third-order valence-electron chi connectivity index (χ3n) is 3.51. The molecule has 0 radical (unpaired) electrons. The minimum atomic E-state index is -1.10. The molecule has 1 aromatic carbocycles. The molecule has 0 fully saturated rings. The van der Waals surface area contributed by atoms with Gasteiger partial charge in [-0.3, -0.25) is 4.40 Å². The number of methoxy groups -OCH3 is 1. The summed E-state index contributed by atoms with van der Waals surface area (Å²) in [6.07, 6.45) is 1.74. The van der Waals surface area contributed by atoms with Crippen molar-refractivity contribution in [3.8, 4) is 11.5 Å². The van der Waals surface area contributed by atoms with Crippen molar-refractivity contribution in [1.29, 1.82) is 0 Å². The van der Waals surface area contributed by atoms with E-state index in [0.717, 1.165) is 5.56 Å². The molecule has 2 aromatic heterocycles. The summed E-state index contributed by atoms with van der Waals surface area (Å²) in [6, 6.07) is 11.1. The molecule has 2 heterocycles. The Bertz CT molecular complexity index is 853. The topological polar surface area (TPSA) is 73.1 Å². The summed E-state index contributed by atoms with van der Waals surface area (Å²) in [5.74, 6) is 0.552. The largest absolute Gasteiger partial charge is 0.494 e. The van der Waals surface area contributed by atoms with Crippen LogP contribution in [0, 0.1) is 6.92 Å². The van der Waals surface area contributed by atoms with Crippen molar-refractivity contribution in [3.63, 3.8) is 0 Å². The molecule has 0 amide bonds. The van der Waals surface area contributed by atoms with E-state index in [1.165, 1.54) is 7.11 Å². The van der Waals surface area contributed by atoms with Crippen LogP contribution >= 0.6 is 0 Å². The molecule has 118 valence electrons. The zero-order valence-corrected chi connectivity index (χ0v) is 12.8. The Labute approximate surface area is 132 Å². The van der Waals surface area contributed by atoms with Gasteiger partial charge in [-0.15, -0.1) is 0 Å². The van der Waals surface area contributed by atoms with Crippen LogP contribution in [0.4, 0.5) is 0 Å². The van der Waals surface area contributed by atoms with Crippen LogP contribution in [-0.2, 0) is 6.61 Å². The number of ether oxygens (including phenoxy) is 2. The van der Waals surface area contributed by atoms with Crippen LogP contribution in [0.2, 0.25) is 0 Å². The number of aromatic carboxylic acids is 1. The molecule has 0 atom stereocenters. The molecular formula is C17H16N2O4. The van der Waals surface area contributed by atoms with Gasteiger partial charge < -0.3 is 14.6 Å². The third kappa shape index (κ3) is 2.83. The van der Waals surface area contributed by atoms with Crippen LogP contribution in [0.25, 0.3) is 5.52 Å². The average molecular weight is 312 g/mol. The van der Waals surface area contributed by atoms with Gasteiger partial charge in [0.1, 0.15) is 23.6 Å². The summed E-state index contributed by atoms with van der Waals surface area (Å²) in [6.45, 7) is 2.15. The Balaban J connectivity index is 1.97. The van der Waals surface area contributed by atoms with Crippen LogP contribution in [-0.4, -0.2) is 27.6 Å². The van der Waals surface area contributed by atoms with Gasteiger partial charge in [-0.1, -0.05) is 17.7 Å². The molecule has 1 N–H and O–H groups in total. The van der Waals surface area contributed by atoms with Gasteiger partial charge in [0.15, 0.2) is 11.5 Å². The maximum absolute atomic E-state index is 11.4. The van der Waals surface area contributed by atoms with Crippen LogP contribution in [0.5, 0.6) is 11.5 Å². The molecule has 0 unspecified atom stereocenters. The van der Waals surface area contributed by atoms with Crippen molar-refractivity contribution in [1.82, 2.24) is 9.38 Å². The van der Waals surface area contributed by atoms with Crippen molar-refractivity contribution in [3.05, 3.63) is 59.7 Å². The highest BCUT2D eigenvalue weighted by Gasteiger charge is 2.20. The fourth-order valence-electron chi connectivity index (χ4n) is 2.37. The molecule has 0 aliphatic carbocycles. The maximum atomic E-state index is 11.4. The smallest absolute Gasteiger partial charge is 0.356 e. The van der Waals surface area contributed by atoms with Gasteiger partial charge in [-0.05, 0) is 31.2 Å². The quantitative estimate of drug-likeness (QED) is 0.784. The summed E-state index contributed by atoms with van der Waals surface area (Å²) < 4.78 is 12.6. The van der Waals surface area contributed by atoms with Crippen LogP contribution < -0.4 is 9.47 Å². The Hall–Kier alpha value is -3.02. The van der Waals surface area contributed by atoms with Crippen LogP contribution in [0.1, 0.15) is 21.9 Å². The normalized spacial score (nSPS) is 10.7. The zero-order valence-electron chi connectivity index (χ0n) is 12.8. The van der Waals surface area contributed by atoms with Crippen molar-refractivity contribution in [2.75, 3.05) is 7.11 Å². The lowest BCUT2D eigenvalue weighted by atomic mass is 10.2. The molecule has 3 rings (SSSR count). The molecule has 0 spiro atoms. The summed E-state index contributed by atoms with van der Waals surface area (Å²) in [7, 11) is 1.50. The van der Waals surface area contributed by atoms with Crippen molar-refractivity contribution < 1.29 is 19.4 Å². The molecule has 6 heteroatoms.